The maximum absolute atomic E-state index is 5.47. The molecule has 0 saturated carbocycles. The van der Waals surface area contributed by atoms with Crippen molar-refractivity contribution in [3.05, 3.63) is 473 Å². The van der Waals surface area contributed by atoms with E-state index >= 15 is 0 Å². The SMILES string of the molecule is c1ccc(-c2cc(-c3ccccc3)cc(-c3ccc(-c4nc(-c5cccc6cc(-n7c8ccc9ccccc9c8c8c9ccccc9ccc87)ccc56)nc5ccccc45)cc3)c2)cc1.c1ccc(-c2ccc(-c3cccc(-c4nc(-c5cccc6c(-n7c8ccc9ccccc9c8c8c9ccccc9c(-c9ccccc9)cc87)cccc56)nc5ccccc45)c3)cc2)cc1. The monoisotopic (exact) mass is 1650 g/mol. The number of aromatic nitrogens is 6. The standard InChI is InChI=1S/2C62H39N3/c1-3-14-40(15-4-1)47-36-48(41-16-5-2-6-17-41)38-49(37-47)42-26-28-45(29-27-42)61-55-23-11-12-25-56(55)63-62(64-61)54-24-13-20-46-39-50(32-33-51(46)54)65-57-34-30-43-18-7-9-21-52(43)59(57)60-53-22-10-8-19-44(53)31-35-58(60)65;1-3-16-40(17-4-1)41-32-34-42(35-33-41)45-21-13-22-46(38-45)61-53-26-11-12-30-55(53)63-62(64-61)52-29-14-28-50-48(52)27-15-31-56(50)65-57-37-36-44-20-7-8-23-47(44)59(57)60-51-25-10-9-24-49(51)54(39-58(60)65)43-18-5-2-6-19-43/h2*1-39H. The zero-order valence-electron chi connectivity index (χ0n) is 70.7. The van der Waals surface area contributed by atoms with Crippen molar-refractivity contribution in [2.24, 2.45) is 0 Å². The van der Waals surface area contributed by atoms with Crippen LogP contribution in [0.2, 0.25) is 0 Å². The molecule has 22 aromatic carbocycles. The van der Waals surface area contributed by atoms with Crippen LogP contribution in [0.3, 0.4) is 0 Å². The molecule has 0 fully saturated rings. The Kier molecular flexibility index (Phi) is 18.2. The lowest BCUT2D eigenvalue weighted by molar-refractivity contribution is 1.19. The minimum atomic E-state index is 0.699. The summed E-state index contributed by atoms with van der Waals surface area (Å²) >= 11 is 0. The Morgan fingerprint density at radius 1 is 0.154 bits per heavy atom. The number of rotatable bonds is 12. The lowest BCUT2D eigenvalue weighted by Crippen LogP contribution is -1.98. The summed E-state index contributed by atoms with van der Waals surface area (Å²) in [6.45, 7) is 0. The lowest BCUT2D eigenvalue weighted by Gasteiger charge is -2.16. The Labute approximate surface area is 750 Å². The molecule has 0 radical (unpaired) electrons. The Morgan fingerprint density at radius 3 is 1.05 bits per heavy atom. The van der Waals surface area contributed by atoms with Crippen LogP contribution in [0.1, 0.15) is 0 Å². The topological polar surface area (TPSA) is 61.4 Å². The van der Waals surface area contributed by atoms with Gasteiger partial charge in [-0.05, 0) is 205 Å². The maximum Gasteiger partial charge on any atom is 0.161 e. The van der Waals surface area contributed by atoms with Crippen molar-refractivity contribution in [2.75, 3.05) is 0 Å². The minimum absolute atomic E-state index is 0.699. The average molecular weight is 1650 g/mol. The molecule has 26 aromatic rings. The zero-order chi connectivity index (χ0) is 85.7. The molecule has 4 heterocycles. The van der Waals surface area contributed by atoms with Crippen LogP contribution in [0.25, 0.3) is 253 Å². The summed E-state index contributed by atoms with van der Waals surface area (Å²) in [6.07, 6.45) is 0. The molecule has 604 valence electrons. The maximum atomic E-state index is 5.47. The van der Waals surface area contributed by atoms with Crippen molar-refractivity contribution in [3.8, 4) is 123 Å². The average Bonchev–Trinajstić information content (AvgIpc) is 1.54. The number of hydrogen-bond donors (Lipinski definition) is 0. The molecule has 0 N–H and O–H groups in total. The molecule has 0 aliphatic heterocycles. The van der Waals surface area contributed by atoms with Crippen molar-refractivity contribution in [1.82, 2.24) is 29.1 Å². The second kappa shape index (κ2) is 31.4. The number of nitrogens with zero attached hydrogens (tertiary/aromatic N) is 6. The molecule has 0 unspecified atom stereocenters. The summed E-state index contributed by atoms with van der Waals surface area (Å²) < 4.78 is 4.93. The smallest absolute Gasteiger partial charge is 0.161 e. The molecule has 6 heteroatoms. The van der Waals surface area contributed by atoms with Gasteiger partial charge in [-0.15, -0.1) is 0 Å². The minimum Gasteiger partial charge on any atom is -0.309 e. The highest BCUT2D eigenvalue weighted by Gasteiger charge is 2.25. The Hall–Kier alpha value is -17.3. The first-order valence-electron chi connectivity index (χ1n) is 44.5. The Bertz CT molecular complexity index is 8860. The van der Waals surface area contributed by atoms with Gasteiger partial charge in [0.15, 0.2) is 11.6 Å². The lowest BCUT2D eigenvalue weighted by atomic mass is 9.93. The van der Waals surface area contributed by atoms with Crippen LogP contribution in [0, 0.1) is 0 Å². The summed E-state index contributed by atoms with van der Waals surface area (Å²) in [6, 6.07) is 170. The van der Waals surface area contributed by atoms with Gasteiger partial charge in [0.05, 0.1) is 50.2 Å². The summed E-state index contributed by atoms with van der Waals surface area (Å²) in [7, 11) is 0. The molecule has 0 aliphatic rings. The van der Waals surface area contributed by atoms with Crippen LogP contribution in [-0.4, -0.2) is 29.1 Å². The first-order valence-corrected chi connectivity index (χ1v) is 44.5. The van der Waals surface area contributed by atoms with E-state index in [1.807, 2.05) is 0 Å². The highest BCUT2D eigenvalue weighted by Crippen LogP contribution is 2.48. The largest absolute Gasteiger partial charge is 0.309 e. The van der Waals surface area contributed by atoms with Gasteiger partial charge in [0, 0.05) is 65.6 Å². The van der Waals surface area contributed by atoms with Crippen LogP contribution in [0.15, 0.2) is 473 Å². The fraction of sp³-hybridized carbons (Fsp3) is 0. The summed E-state index contributed by atoms with van der Waals surface area (Å²) in [5, 5.41) is 21.6. The molecule has 0 atom stereocenters. The predicted octanol–water partition coefficient (Wildman–Crippen LogP) is 33.0. The highest BCUT2D eigenvalue weighted by molar-refractivity contribution is 6.32. The van der Waals surface area contributed by atoms with Gasteiger partial charge in [0.1, 0.15) is 0 Å². The quantitative estimate of drug-likeness (QED) is 0.122. The van der Waals surface area contributed by atoms with Gasteiger partial charge < -0.3 is 9.13 Å². The van der Waals surface area contributed by atoms with Crippen molar-refractivity contribution < 1.29 is 0 Å². The molecule has 0 aliphatic carbocycles. The molecular formula is C124H78N6. The number of hydrogen-bond acceptors (Lipinski definition) is 4. The normalized spacial score (nSPS) is 11.7. The van der Waals surface area contributed by atoms with E-state index in [4.69, 9.17) is 19.9 Å². The number of para-hydroxylation sites is 2. The zero-order valence-corrected chi connectivity index (χ0v) is 70.7. The van der Waals surface area contributed by atoms with Gasteiger partial charge in [0.2, 0.25) is 0 Å². The number of benzene rings is 22. The summed E-state index contributed by atoms with van der Waals surface area (Å²) in [4.78, 5) is 21.4. The van der Waals surface area contributed by atoms with E-state index in [0.29, 0.717) is 11.6 Å². The van der Waals surface area contributed by atoms with Crippen LogP contribution in [0.5, 0.6) is 0 Å². The third-order valence-corrected chi connectivity index (χ3v) is 26.3. The molecule has 0 bridgehead atoms. The molecule has 0 amide bonds. The third-order valence-electron chi connectivity index (χ3n) is 26.3. The van der Waals surface area contributed by atoms with Gasteiger partial charge in [-0.25, -0.2) is 19.9 Å². The van der Waals surface area contributed by atoms with E-state index in [1.165, 1.54) is 137 Å². The van der Waals surface area contributed by atoms with E-state index in [9.17, 15) is 0 Å². The fourth-order valence-electron chi connectivity index (χ4n) is 20.2. The van der Waals surface area contributed by atoms with Crippen molar-refractivity contribution in [1.29, 1.82) is 0 Å². The van der Waals surface area contributed by atoms with Crippen LogP contribution in [-0.2, 0) is 0 Å². The van der Waals surface area contributed by atoms with Crippen LogP contribution in [0.4, 0.5) is 0 Å². The summed E-state index contributed by atoms with van der Waals surface area (Å²) in [5.74, 6) is 1.41. The van der Waals surface area contributed by atoms with Crippen molar-refractivity contribution in [2.45, 2.75) is 0 Å². The van der Waals surface area contributed by atoms with Gasteiger partial charge in [-0.1, -0.05) is 394 Å². The predicted molar refractivity (Wildman–Crippen MR) is 547 cm³/mol. The first-order chi connectivity index (χ1) is 64.5. The van der Waals surface area contributed by atoms with Crippen molar-refractivity contribution >= 4 is 130 Å². The molecule has 6 nitrogen and oxygen atoms in total. The molecule has 0 spiro atoms. The molecular weight excluding hydrogens is 1570 g/mol. The molecule has 130 heavy (non-hydrogen) atoms. The van der Waals surface area contributed by atoms with Gasteiger partial charge in [0.25, 0.3) is 0 Å². The van der Waals surface area contributed by atoms with E-state index in [1.54, 1.807) is 0 Å². The second-order valence-electron chi connectivity index (χ2n) is 33.8. The second-order valence-corrected chi connectivity index (χ2v) is 33.8. The first kappa shape index (κ1) is 75.2. The van der Waals surface area contributed by atoms with E-state index in [2.05, 4.69) is 482 Å². The van der Waals surface area contributed by atoms with Gasteiger partial charge >= 0.3 is 0 Å². The van der Waals surface area contributed by atoms with E-state index in [-0.39, 0.29) is 0 Å². The van der Waals surface area contributed by atoms with E-state index < -0.39 is 0 Å². The molecule has 4 aromatic heterocycles. The van der Waals surface area contributed by atoms with Gasteiger partial charge in [-0.3, -0.25) is 0 Å². The summed E-state index contributed by atoms with van der Waals surface area (Å²) in [5.41, 5.74) is 28.9. The third kappa shape index (κ3) is 12.9. The van der Waals surface area contributed by atoms with Crippen LogP contribution < -0.4 is 0 Å². The Morgan fingerprint density at radius 2 is 0.500 bits per heavy atom. The number of fused-ring (bicyclic) bond motifs is 18. The Balaban J connectivity index is 0.000000140. The molecule has 26 rings (SSSR count). The van der Waals surface area contributed by atoms with Crippen molar-refractivity contribution in [3.63, 3.8) is 0 Å². The highest BCUT2D eigenvalue weighted by atomic mass is 15.0. The fourth-order valence-corrected chi connectivity index (χ4v) is 20.2. The van der Waals surface area contributed by atoms with Crippen LogP contribution >= 0.6 is 0 Å². The van der Waals surface area contributed by atoms with E-state index in [0.717, 1.165) is 105 Å². The molecule has 0 saturated heterocycles. The van der Waals surface area contributed by atoms with Gasteiger partial charge in [-0.2, -0.15) is 0 Å².